The molecule has 1 saturated carbocycles. The molecule has 1 amide bonds. The van der Waals surface area contributed by atoms with Gasteiger partial charge in [-0.25, -0.2) is 4.39 Å². The second-order valence-corrected chi connectivity index (χ2v) is 4.78. The number of methoxy groups -OCH3 is 1. The molecule has 1 aliphatic rings. The van der Waals surface area contributed by atoms with Crippen LogP contribution < -0.4 is 10.1 Å². The van der Waals surface area contributed by atoms with Crippen molar-refractivity contribution in [2.24, 2.45) is 0 Å². The number of aliphatic hydroxyl groups is 1. The first kappa shape index (κ1) is 13.8. The van der Waals surface area contributed by atoms with Gasteiger partial charge in [0.25, 0.3) is 5.91 Å². The molecule has 2 atom stereocenters. The Kier molecular flexibility index (Phi) is 4.37. The third-order valence-corrected chi connectivity index (χ3v) is 3.46. The van der Waals surface area contributed by atoms with Crippen molar-refractivity contribution in [3.05, 3.63) is 29.6 Å². The maximum Gasteiger partial charge on any atom is 0.251 e. The van der Waals surface area contributed by atoms with Gasteiger partial charge in [-0.3, -0.25) is 4.79 Å². The summed E-state index contributed by atoms with van der Waals surface area (Å²) in [5, 5.41) is 12.6. The predicted molar refractivity (Wildman–Crippen MR) is 68.7 cm³/mol. The average Bonchev–Trinajstić information content (AvgIpc) is 2.42. The van der Waals surface area contributed by atoms with E-state index in [4.69, 9.17) is 4.74 Å². The summed E-state index contributed by atoms with van der Waals surface area (Å²) in [6, 6.07) is 3.74. The van der Waals surface area contributed by atoms with Crippen LogP contribution in [0.4, 0.5) is 4.39 Å². The average molecular weight is 267 g/mol. The maximum atomic E-state index is 13.3. The fraction of sp³-hybridized carbons (Fsp3) is 0.500. The minimum absolute atomic E-state index is 0.0387. The number of hydrogen-bond acceptors (Lipinski definition) is 3. The van der Waals surface area contributed by atoms with Crippen LogP contribution >= 0.6 is 0 Å². The molecule has 0 aromatic heterocycles. The number of halogens is 1. The van der Waals surface area contributed by atoms with E-state index in [1.54, 1.807) is 0 Å². The van der Waals surface area contributed by atoms with Crippen LogP contribution in [0, 0.1) is 5.82 Å². The van der Waals surface area contributed by atoms with E-state index >= 15 is 0 Å². The van der Waals surface area contributed by atoms with Crippen LogP contribution in [-0.2, 0) is 0 Å². The Balaban J connectivity index is 2.07. The van der Waals surface area contributed by atoms with Crippen molar-refractivity contribution in [2.45, 2.75) is 37.8 Å². The summed E-state index contributed by atoms with van der Waals surface area (Å²) < 4.78 is 18.1. The smallest absolute Gasteiger partial charge is 0.251 e. The summed E-state index contributed by atoms with van der Waals surface area (Å²) in [6.45, 7) is 0. The fourth-order valence-electron chi connectivity index (χ4n) is 2.33. The topological polar surface area (TPSA) is 58.6 Å². The summed E-state index contributed by atoms with van der Waals surface area (Å²) in [4.78, 5) is 12.0. The van der Waals surface area contributed by atoms with Gasteiger partial charge < -0.3 is 15.2 Å². The molecule has 0 saturated heterocycles. The number of rotatable bonds is 3. The van der Waals surface area contributed by atoms with Crippen LogP contribution in [0.1, 0.15) is 36.0 Å². The summed E-state index contributed by atoms with van der Waals surface area (Å²) in [5.41, 5.74) is 0.330. The number of nitrogens with one attached hydrogen (secondary N) is 1. The van der Waals surface area contributed by atoms with Crippen molar-refractivity contribution in [1.82, 2.24) is 5.32 Å². The van der Waals surface area contributed by atoms with E-state index in [9.17, 15) is 14.3 Å². The van der Waals surface area contributed by atoms with Crippen molar-refractivity contribution in [3.8, 4) is 5.75 Å². The lowest BCUT2D eigenvalue weighted by molar-refractivity contribution is 0.0717. The lowest BCUT2D eigenvalue weighted by atomic mass is 9.92. The SMILES string of the molecule is COc1cc(C(=O)NC2CCCCC2O)ccc1F. The molecule has 104 valence electrons. The number of hydrogen-bond donors (Lipinski definition) is 2. The van der Waals surface area contributed by atoms with Gasteiger partial charge >= 0.3 is 0 Å². The number of aliphatic hydroxyl groups excluding tert-OH is 1. The summed E-state index contributed by atoms with van der Waals surface area (Å²) in [5.74, 6) is -0.780. The molecule has 0 spiro atoms. The third kappa shape index (κ3) is 3.23. The van der Waals surface area contributed by atoms with E-state index in [0.29, 0.717) is 12.0 Å². The lowest BCUT2D eigenvalue weighted by Crippen LogP contribution is -2.45. The second kappa shape index (κ2) is 6.02. The molecule has 0 aliphatic heterocycles. The van der Waals surface area contributed by atoms with Crippen molar-refractivity contribution < 1.29 is 19.0 Å². The normalized spacial score (nSPS) is 22.9. The number of ether oxygens (including phenoxy) is 1. The Bertz CT molecular complexity index is 464. The monoisotopic (exact) mass is 267 g/mol. The molecule has 2 unspecified atom stereocenters. The van der Waals surface area contributed by atoms with Crippen LogP contribution in [0.3, 0.4) is 0 Å². The van der Waals surface area contributed by atoms with Crippen molar-refractivity contribution >= 4 is 5.91 Å². The predicted octanol–water partition coefficient (Wildman–Crippen LogP) is 1.87. The molecule has 0 heterocycles. The molecule has 0 radical (unpaired) electrons. The highest BCUT2D eigenvalue weighted by Gasteiger charge is 2.25. The van der Waals surface area contributed by atoms with Gasteiger partial charge in [-0.15, -0.1) is 0 Å². The van der Waals surface area contributed by atoms with Gasteiger partial charge in [0, 0.05) is 5.56 Å². The Labute approximate surface area is 111 Å². The minimum Gasteiger partial charge on any atom is -0.494 e. The first-order chi connectivity index (χ1) is 9.11. The largest absolute Gasteiger partial charge is 0.494 e. The van der Waals surface area contributed by atoms with Crippen LogP contribution in [-0.4, -0.2) is 30.3 Å². The van der Waals surface area contributed by atoms with Gasteiger partial charge in [0.1, 0.15) is 0 Å². The Hall–Kier alpha value is -1.62. The van der Waals surface area contributed by atoms with E-state index in [0.717, 1.165) is 19.3 Å². The maximum absolute atomic E-state index is 13.3. The van der Waals surface area contributed by atoms with Crippen LogP contribution in [0.2, 0.25) is 0 Å². The van der Waals surface area contributed by atoms with E-state index in [-0.39, 0.29) is 17.7 Å². The third-order valence-electron chi connectivity index (χ3n) is 3.46. The van der Waals surface area contributed by atoms with Gasteiger partial charge in [0.15, 0.2) is 11.6 Å². The van der Waals surface area contributed by atoms with Gasteiger partial charge in [-0.1, -0.05) is 12.8 Å². The van der Waals surface area contributed by atoms with Crippen LogP contribution in [0.5, 0.6) is 5.75 Å². The van der Waals surface area contributed by atoms with Crippen LogP contribution in [0.25, 0.3) is 0 Å². The fourth-order valence-corrected chi connectivity index (χ4v) is 2.33. The highest BCUT2D eigenvalue weighted by Crippen LogP contribution is 2.21. The molecule has 1 fully saturated rings. The first-order valence-electron chi connectivity index (χ1n) is 6.44. The lowest BCUT2D eigenvalue weighted by Gasteiger charge is -2.28. The van der Waals surface area contributed by atoms with E-state index < -0.39 is 11.9 Å². The highest BCUT2D eigenvalue weighted by molar-refractivity contribution is 5.94. The van der Waals surface area contributed by atoms with Gasteiger partial charge in [0.2, 0.25) is 0 Å². The molecule has 1 aliphatic carbocycles. The van der Waals surface area contributed by atoms with E-state index in [1.807, 2.05) is 0 Å². The zero-order valence-corrected chi connectivity index (χ0v) is 10.9. The minimum atomic E-state index is -0.503. The van der Waals surface area contributed by atoms with E-state index in [2.05, 4.69) is 5.32 Å². The van der Waals surface area contributed by atoms with Crippen molar-refractivity contribution in [1.29, 1.82) is 0 Å². The Morgan fingerprint density at radius 3 is 2.84 bits per heavy atom. The van der Waals surface area contributed by atoms with Gasteiger partial charge in [-0.2, -0.15) is 0 Å². The molecular weight excluding hydrogens is 249 g/mol. The molecule has 5 heteroatoms. The zero-order valence-electron chi connectivity index (χ0n) is 10.9. The summed E-state index contributed by atoms with van der Waals surface area (Å²) in [6.07, 6.45) is 2.95. The standard InChI is InChI=1S/C14H18FNO3/c1-19-13-8-9(6-7-10(13)15)14(18)16-11-4-2-3-5-12(11)17/h6-8,11-12,17H,2-5H2,1H3,(H,16,18). The Morgan fingerprint density at radius 1 is 1.42 bits per heavy atom. The number of carbonyl (C=O) groups is 1. The molecule has 2 N–H and O–H groups in total. The quantitative estimate of drug-likeness (QED) is 0.879. The number of benzene rings is 1. The first-order valence-corrected chi connectivity index (χ1v) is 6.44. The number of carbonyl (C=O) groups excluding carboxylic acids is 1. The highest BCUT2D eigenvalue weighted by atomic mass is 19.1. The number of amides is 1. The molecule has 19 heavy (non-hydrogen) atoms. The van der Waals surface area contributed by atoms with Gasteiger partial charge in [0.05, 0.1) is 19.3 Å². The molecule has 2 rings (SSSR count). The molecule has 1 aromatic rings. The molecular formula is C14H18FNO3. The zero-order chi connectivity index (χ0) is 13.8. The summed E-state index contributed by atoms with van der Waals surface area (Å²) >= 11 is 0. The van der Waals surface area contributed by atoms with Crippen molar-refractivity contribution in [2.75, 3.05) is 7.11 Å². The van der Waals surface area contributed by atoms with Crippen molar-refractivity contribution in [3.63, 3.8) is 0 Å². The Morgan fingerprint density at radius 2 is 2.16 bits per heavy atom. The summed E-state index contributed by atoms with van der Waals surface area (Å²) in [7, 11) is 1.35. The second-order valence-electron chi connectivity index (χ2n) is 4.78. The molecule has 1 aromatic carbocycles. The van der Waals surface area contributed by atoms with Gasteiger partial charge in [-0.05, 0) is 31.0 Å². The van der Waals surface area contributed by atoms with E-state index in [1.165, 1.54) is 25.3 Å². The van der Waals surface area contributed by atoms with Crippen LogP contribution in [0.15, 0.2) is 18.2 Å². The molecule has 0 bridgehead atoms. The molecule has 4 nitrogen and oxygen atoms in total.